The van der Waals surface area contributed by atoms with Crippen LogP contribution >= 0.6 is 11.8 Å². The van der Waals surface area contributed by atoms with E-state index in [-0.39, 0.29) is 11.5 Å². The number of aromatic nitrogens is 2. The first kappa shape index (κ1) is 22.6. The van der Waals surface area contributed by atoms with Crippen LogP contribution in [-0.4, -0.2) is 15.5 Å². The molecule has 0 spiro atoms. The number of nitrogens with zero attached hydrogens (tertiary/aromatic N) is 2. The third-order valence-electron chi connectivity index (χ3n) is 5.44. The highest BCUT2D eigenvalue weighted by atomic mass is 32.2. The van der Waals surface area contributed by atoms with Gasteiger partial charge >= 0.3 is 0 Å². The maximum atomic E-state index is 12.9. The first-order chi connectivity index (χ1) is 16.0. The van der Waals surface area contributed by atoms with Crippen LogP contribution in [0.25, 0.3) is 0 Å². The lowest BCUT2D eigenvalue weighted by atomic mass is 10.1. The Kier molecular flexibility index (Phi) is 7.05. The number of hydrogen-bond acceptors (Lipinski definition) is 4. The maximum absolute atomic E-state index is 12.9. The monoisotopic (exact) mass is 455 g/mol. The van der Waals surface area contributed by atoms with Crippen molar-refractivity contribution < 1.29 is 4.79 Å². The standard InChI is InChI=1S/C27H25N3O2S/c1-19-8-13-23(16-20(19)2)33-27-24(6-5-14-28-27)26(32)29-17-21-9-11-22(12-10-21)18-30-15-4-3-7-25(30)31/h3-16H,17-18H2,1-2H3,(H,29,32). The summed E-state index contributed by atoms with van der Waals surface area (Å²) in [7, 11) is 0. The molecule has 166 valence electrons. The van der Waals surface area contributed by atoms with E-state index in [1.165, 1.54) is 22.9 Å². The first-order valence-electron chi connectivity index (χ1n) is 10.7. The van der Waals surface area contributed by atoms with Gasteiger partial charge in [0.2, 0.25) is 0 Å². The van der Waals surface area contributed by atoms with E-state index in [2.05, 4.69) is 42.3 Å². The number of nitrogens with one attached hydrogen (secondary N) is 1. The average molecular weight is 456 g/mol. The van der Waals surface area contributed by atoms with E-state index in [1.807, 2.05) is 30.3 Å². The van der Waals surface area contributed by atoms with Crippen molar-refractivity contribution in [2.24, 2.45) is 0 Å². The molecule has 0 unspecified atom stereocenters. The second-order valence-corrected chi connectivity index (χ2v) is 8.93. The summed E-state index contributed by atoms with van der Waals surface area (Å²) in [5.41, 5.74) is 4.99. The molecule has 0 saturated heterocycles. The number of benzene rings is 2. The molecule has 0 radical (unpaired) electrons. The molecule has 0 aliphatic carbocycles. The molecular formula is C27H25N3O2S. The summed E-state index contributed by atoms with van der Waals surface area (Å²) < 4.78 is 1.66. The zero-order chi connectivity index (χ0) is 23.2. The Bertz CT molecular complexity index is 1330. The molecule has 2 aromatic carbocycles. The Morgan fingerprint density at radius 1 is 0.939 bits per heavy atom. The fourth-order valence-corrected chi connectivity index (χ4v) is 4.34. The third-order valence-corrected chi connectivity index (χ3v) is 6.44. The van der Waals surface area contributed by atoms with Crippen LogP contribution in [0.5, 0.6) is 0 Å². The number of carbonyl (C=O) groups excluding carboxylic acids is 1. The molecule has 33 heavy (non-hydrogen) atoms. The van der Waals surface area contributed by atoms with E-state index in [0.29, 0.717) is 23.7 Å². The van der Waals surface area contributed by atoms with Gasteiger partial charge < -0.3 is 9.88 Å². The Balaban J connectivity index is 1.40. The summed E-state index contributed by atoms with van der Waals surface area (Å²) in [6.07, 6.45) is 3.48. The Hall–Kier alpha value is -3.64. The molecule has 5 nitrogen and oxygen atoms in total. The summed E-state index contributed by atoms with van der Waals surface area (Å²) >= 11 is 1.49. The normalized spacial score (nSPS) is 10.7. The summed E-state index contributed by atoms with van der Waals surface area (Å²) in [4.78, 5) is 30.3. The van der Waals surface area contributed by atoms with E-state index in [0.717, 1.165) is 16.0 Å². The minimum absolute atomic E-state index is 0.0280. The van der Waals surface area contributed by atoms with E-state index in [9.17, 15) is 9.59 Å². The highest BCUT2D eigenvalue weighted by Crippen LogP contribution is 2.30. The zero-order valence-corrected chi connectivity index (χ0v) is 19.4. The molecule has 0 atom stereocenters. The molecule has 4 rings (SSSR count). The van der Waals surface area contributed by atoms with Gasteiger partial charge in [-0.15, -0.1) is 0 Å². The molecule has 0 aliphatic rings. The number of carbonyl (C=O) groups is 1. The fourth-order valence-electron chi connectivity index (χ4n) is 3.36. The van der Waals surface area contributed by atoms with Gasteiger partial charge in [-0.2, -0.15) is 0 Å². The summed E-state index contributed by atoms with van der Waals surface area (Å²) in [6, 6.07) is 22.8. The van der Waals surface area contributed by atoms with Crippen LogP contribution in [0, 0.1) is 13.8 Å². The van der Waals surface area contributed by atoms with Gasteiger partial charge in [-0.3, -0.25) is 9.59 Å². The highest BCUT2D eigenvalue weighted by Gasteiger charge is 2.13. The zero-order valence-electron chi connectivity index (χ0n) is 18.6. The van der Waals surface area contributed by atoms with Crippen LogP contribution in [0.1, 0.15) is 32.6 Å². The molecule has 0 bridgehead atoms. The second kappa shape index (κ2) is 10.3. The molecule has 2 aromatic heterocycles. The second-order valence-electron chi connectivity index (χ2n) is 7.87. The van der Waals surface area contributed by atoms with E-state index >= 15 is 0 Å². The van der Waals surface area contributed by atoms with Gasteiger partial charge in [0.25, 0.3) is 11.5 Å². The van der Waals surface area contributed by atoms with Gasteiger partial charge in [0.15, 0.2) is 0 Å². The smallest absolute Gasteiger partial charge is 0.254 e. The number of pyridine rings is 2. The molecule has 6 heteroatoms. The highest BCUT2D eigenvalue weighted by molar-refractivity contribution is 7.99. The quantitative estimate of drug-likeness (QED) is 0.426. The van der Waals surface area contributed by atoms with Gasteiger partial charge in [0, 0.05) is 29.9 Å². The maximum Gasteiger partial charge on any atom is 0.254 e. The van der Waals surface area contributed by atoms with Crippen LogP contribution in [0.15, 0.2) is 99.9 Å². The summed E-state index contributed by atoms with van der Waals surface area (Å²) in [5.74, 6) is -0.158. The van der Waals surface area contributed by atoms with Gasteiger partial charge in [-0.1, -0.05) is 48.2 Å². The molecular weight excluding hydrogens is 430 g/mol. The first-order valence-corrected chi connectivity index (χ1v) is 11.5. The van der Waals surface area contributed by atoms with Crippen LogP contribution < -0.4 is 10.9 Å². The summed E-state index contributed by atoms with van der Waals surface area (Å²) in [5, 5.41) is 3.68. The van der Waals surface area contributed by atoms with Crippen molar-refractivity contribution in [1.29, 1.82) is 0 Å². The van der Waals surface area contributed by atoms with Crippen LogP contribution in [0.3, 0.4) is 0 Å². The molecule has 0 fully saturated rings. The van der Waals surface area contributed by atoms with Gasteiger partial charge in [-0.05, 0) is 66.4 Å². The van der Waals surface area contributed by atoms with Crippen molar-refractivity contribution in [1.82, 2.24) is 14.9 Å². The number of amides is 1. The molecule has 1 N–H and O–H groups in total. The number of aryl methyl sites for hydroxylation is 2. The Labute approximate surface area is 197 Å². The van der Waals surface area contributed by atoms with Crippen molar-refractivity contribution in [3.8, 4) is 0 Å². The van der Waals surface area contributed by atoms with Gasteiger partial charge in [0.05, 0.1) is 12.1 Å². The van der Waals surface area contributed by atoms with Crippen molar-refractivity contribution in [2.75, 3.05) is 0 Å². The predicted molar refractivity (Wildman–Crippen MR) is 132 cm³/mol. The lowest BCUT2D eigenvalue weighted by Crippen LogP contribution is -2.23. The largest absolute Gasteiger partial charge is 0.348 e. The Morgan fingerprint density at radius 3 is 2.48 bits per heavy atom. The van der Waals surface area contributed by atoms with E-state index in [1.54, 1.807) is 41.2 Å². The third kappa shape index (κ3) is 5.79. The van der Waals surface area contributed by atoms with Gasteiger partial charge in [0.1, 0.15) is 5.03 Å². The lowest BCUT2D eigenvalue weighted by Gasteiger charge is -2.11. The van der Waals surface area contributed by atoms with E-state index < -0.39 is 0 Å². The van der Waals surface area contributed by atoms with Crippen LogP contribution in [0.4, 0.5) is 0 Å². The number of hydrogen-bond donors (Lipinski definition) is 1. The molecule has 2 heterocycles. The molecule has 0 saturated carbocycles. The SMILES string of the molecule is Cc1ccc(Sc2ncccc2C(=O)NCc2ccc(Cn3ccccc3=O)cc2)cc1C. The molecule has 4 aromatic rings. The average Bonchev–Trinajstić information content (AvgIpc) is 2.82. The predicted octanol–water partition coefficient (Wildman–Crippen LogP) is 4.99. The van der Waals surface area contributed by atoms with Gasteiger partial charge in [-0.25, -0.2) is 4.98 Å². The van der Waals surface area contributed by atoms with Crippen LogP contribution in [0.2, 0.25) is 0 Å². The number of rotatable bonds is 7. The van der Waals surface area contributed by atoms with E-state index in [4.69, 9.17) is 0 Å². The minimum atomic E-state index is -0.158. The molecule has 0 aliphatic heterocycles. The van der Waals surface area contributed by atoms with Crippen molar-refractivity contribution in [3.63, 3.8) is 0 Å². The lowest BCUT2D eigenvalue weighted by molar-refractivity contribution is 0.0947. The molecule has 1 amide bonds. The Morgan fingerprint density at radius 2 is 1.73 bits per heavy atom. The minimum Gasteiger partial charge on any atom is -0.348 e. The van der Waals surface area contributed by atoms with Crippen molar-refractivity contribution >= 4 is 17.7 Å². The fraction of sp³-hybridized carbons (Fsp3) is 0.148. The van der Waals surface area contributed by atoms with Crippen LogP contribution in [-0.2, 0) is 13.1 Å². The van der Waals surface area contributed by atoms with Crippen molar-refractivity contribution in [3.05, 3.63) is 123 Å². The topological polar surface area (TPSA) is 64.0 Å². The van der Waals surface area contributed by atoms with Crippen molar-refractivity contribution in [2.45, 2.75) is 36.9 Å². The summed E-state index contributed by atoms with van der Waals surface area (Å²) in [6.45, 7) is 5.08.